The highest BCUT2D eigenvalue weighted by Gasteiger charge is 2.20. The summed E-state index contributed by atoms with van der Waals surface area (Å²) in [5.74, 6) is 2.40. The molecule has 0 aliphatic heterocycles. The molecule has 0 amide bonds. The third-order valence-corrected chi connectivity index (χ3v) is 3.51. The van der Waals surface area contributed by atoms with Crippen LogP contribution in [-0.2, 0) is 0 Å². The first-order valence-electron chi connectivity index (χ1n) is 5.72. The minimum Gasteiger partial charge on any atom is -0.493 e. The van der Waals surface area contributed by atoms with Crippen LogP contribution in [0.2, 0.25) is 0 Å². The Bertz CT molecular complexity index is 577. The van der Waals surface area contributed by atoms with Crippen molar-refractivity contribution in [2.75, 3.05) is 14.2 Å². The summed E-state index contributed by atoms with van der Waals surface area (Å²) in [6.45, 7) is 1.83. The van der Waals surface area contributed by atoms with Gasteiger partial charge in [-0.3, -0.25) is 0 Å². The molecule has 1 N–H and O–H groups in total. The smallest absolute Gasteiger partial charge is 0.161 e. The number of furan rings is 1. The number of aliphatic hydroxyl groups excluding tert-OH is 1. The normalized spacial score (nSPS) is 12.3. The molecule has 102 valence electrons. The number of aryl methyl sites for hydroxylation is 1. The van der Waals surface area contributed by atoms with E-state index in [4.69, 9.17) is 13.9 Å². The van der Waals surface area contributed by atoms with Gasteiger partial charge in [-0.25, -0.2) is 0 Å². The SMILES string of the molecule is COc1cc(Br)c(C(O)c2ccc(C)o2)cc1OC. The standard InChI is InChI=1S/C14H15BrO4/c1-8-4-5-11(19-8)14(16)9-6-12(17-2)13(18-3)7-10(9)15/h4-7,14,16H,1-3H3. The predicted octanol–water partition coefficient (Wildman–Crippen LogP) is 3.45. The molecular weight excluding hydrogens is 312 g/mol. The lowest BCUT2D eigenvalue weighted by molar-refractivity contribution is 0.186. The predicted molar refractivity (Wildman–Crippen MR) is 74.8 cm³/mol. The fourth-order valence-corrected chi connectivity index (χ4v) is 2.37. The van der Waals surface area contributed by atoms with Crippen molar-refractivity contribution in [3.63, 3.8) is 0 Å². The quantitative estimate of drug-likeness (QED) is 0.934. The van der Waals surface area contributed by atoms with Crippen molar-refractivity contribution in [2.24, 2.45) is 0 Å². The first-order valence-corrected chi connectivity index (χ1v) is 6.52. The lowest BCUT2D eigenvalue weighted by Crippen LogP contribution is -2.01. The second-order valence-electron chi connectivity index (χ2n) is 4.08. The maximum absolute atomic E-state index is 10.3. The van der Waals surface area contributed by atoms with E-state index in [9.17, 15) is 5.11 Å². The molecule has 4 nitrogen and oxygen atoms in total. The third kappa shape index (κ3) is 2.77. The lowest BCUT2D eigenvalue weighted by atomic mass is 10.1. The minimum atomic E-state index is -0.858. The second-order valence-corrected chi connectivity index (χ2v) is 4.93. The molecule has 1 unspecified atom stereocenters. The highest BCUT2D eigenvalue weighted by Crippen LogP contribution is 2.38. The first kappa shape index (κ1) is 14.0. The Labute approximate surface area is 120 Å². The highest BCUT2D eigenvalue weighted by molar-refractivity contribution is 9.10. The van der Waals surface area contributed by atoms with Crippen LogP contribution in [-0.4, -0.2) is 19.3 Å². The molecule has 0 fully saturated rings. The summed E-state index contributed by atoms with van der Waals surface area (Å²) >= 11 is 3.42. The molecule has 2 rings (SSSR count). The Morgan fingerprint density at radius 3 is 2.32 bits per heavy atom. The molecule has 0 aliphatic rings. The van der Waals surface area contributed by atoms with Crippen LogP contribution < -0.4 is 9.47 Å². The van der Waals surface area contributed by atoms with Gasteiger partial charge in [0.15, 0.2) is 11.5 Å². The van der Waals surface area contributed by atoms with Gasteiger partial charge in [-0.05, 0) is 31.2 Å². The van der Waals surface area contributed by atoms with Gasteiger partial charge in [0.2, 0.25) is 0 Å². The lowest BCUT2D eigenvalue weighted by Gasteiger charge is -2.15. The zero-order valence-corrected chi connectivity index (χ0v) is 12.5. The van der Waals surface area contributed by atoms with E-state index in [1.807, 2.05) is 13.0 Å². The van der Waals surface area contributed by atoms with Crippen LogP contribution in [0.5, 0.6) is 11.5 Å². The molecule has 2 aromatic rings. The van der Waals surface area contributed by atoms with E-state index >= 15 is 0 Å². The number of benzene rings is 1. The van der Waals surface area contributed by atoms with Crippen molar-refractivity contribution in [1.29, 1.82) is 0 Å². The summed E-state index contributed by atoms with van der Waals surface area (Å²) < 4.78 is 16.6. The molecule has 5 heteroatoms. The van der Waals surface area contributed by atoms with Gasteiger partial charge in [0.25, 0.3) is 0 Å². The van der Waals surface area contributed by atoms with Crippen molar-refractivity contribution in [2.45, 2.75) is 13.0 Å². The van der Waals surface area contributed by atoms with E-state index in [-0.39, 0.29) is 0 Å². The second kappa shape index (κ2) is 5.67. The molecule has 0 aliphatic carbocycles. The highest BCUT2D eigenvalue weighted by atomic mass is 79.9. The monoisotopic (exact) mass is 326 g/mol. The molecule has 1 heterocycles. The molecule has 1 aromatic heterocycles. The molecule has 0 saturated carbocycles. The number of halogens is 1. The summed E-state index contributed by atoms with van der Waals surface area (Å²) in [5, 5.41) is 10.3. The Hall–Kier alpha value is -1.46. The van der Waals surface area contributed by atoms with Crippen LogP contribution >= 0.6 is 15.9 Å². The largest absolute Gasteiger partial charge is 0.493 e. The zero-order chi connectivity index (χ0) is 14.0. The van der Waals surface area contributed by atoms with Crippen molar-refractivity contribution in [3.05, 3.63) is 45.8 Å². The van der Waals surface area contributed by atoms with E-state index in [1.54, 1.807) is 32.4 Å². The number of aliphatic hydroxyl groups is 1. The Morgan fingerprint density at radius 2 is 1.79 bits per heavy atom. The van der Waals surface area contributed by atoms with E-state index < -0.39 is 6.10 Å². The van der Waals surface area contributed by atoms with E-state index in [0.29, 0.717) is 22.8 Å². The molecule has 0 radical (unpaired) electrons. The van der Waals surface area contributed by atoms with Gasteiger partial charge in [0.1, 0.15) is 17.6 Å². The molecular formula is C14H15BrO4. The number of hydrogen-bond acceptors (Lipinski definition) is 4. The maximum Gasteiger partial charge on any atom is 0.161 e. The summed E-state index contributed by atoms with van der Waals surface area (Å²) in [5.41, 5.74) is 0.659. The van der Waals surface area contributed by atoms with Crippen molar-refractivity contribution in [1.82, 2.24) is 0 Å². The van der Waals surface area contributed by atoms with Gasteiger partial charge in [-0.15, -0.1) is 0 Å². The van der Waals surface area contributed by atoms with Crippen molar-refractivity contribution in [3.8, 4) is 11.5 Å². The van der Waals surface area contributed by atoms with Crippen LogP contribution in [0.15, 0.2) is 33.2 Å². The van der Waals surface area contributed by atoms with Gasteiger partial charge >= 0.3 is 0 Å². The van der Waals surface area contributed by atoms with Crippen LogP contribution in [0.25, 0.3) is 0 Å². The molecule has 0 spiro atoms. The van der Waals surface area contributed by atoms with Crippen molar-refractivity contribution >= 4 is 15.9 Å². The van der Waals surface area contributed by atoms with Crippen LogP contribution in [0.3, 0.4) is 0 Å². The Morgan fingerprint density at radius 1 is 1.16 bits per heavy atom. The van der Waals surface area contributed by atoms with Gasteiger partial charge in [-0.2, -0.15) is 0 Å². The average molecular weight is 327 g/mol. The average Bonchev–Trinajstić information content (AvgIpc) is 2.84. The number of methoxy groups -OCH3 is 2. The minimum absolute atomic E-state index is 0.491. The fourth-order valence-electron chi connectivity index (χ4n) is 1.83. The fraction of sp³-hybridized carbons (Fsp3) is 0.286. The van der Waals surface area contributed by atoms with Gasteiger partial charge < -0.3 is 19.0 Å². The molecule has 0 saturated heterocycles. The molecule has 19 heavy (non-hydrogen) atoms. The summed E-state index contributed by atoms with van der Waals surface area (Å²) in [6.07, 6.45) is -0.858. The zero-order valence-electron chi connectivity index (χ0n) is 10.9. The molecule has 1 aromatic carbocycles. The summed E-state index contributed by atoms with van der Waals surface area (Å²) in [7, 11) is 3.12. The van der Waals surface area contributed by atoms with Crippen molar-refractivity contribution < 1.29 is 19.0 Å². The van der Waals surface area contributed by atoms with Gasteiger partial charge in [0, 0.05) is 10.0 Å². The van der Waals surface area contributed by atoms with Gasteiger partial charge in [-0.1, -0.05) is 15.9 Å². The number of hydrogen-bond donors (Lipinski definition) is 1. The maximum atomic E-state index is 10.3. The molecule has 0 bridgehead atoms. The Kier molecular flexibility index (Phi) is 4.17. The number of rotatable bonds is 4. The third-order valence-electron chi connectivity index (χ3n) is 2.83. The van der Waals surface area contributed by atoms with Crippen LogP contribution in [0, 0.1) is 6.92 Å². The summed E-state index contributed by atoms with van der Waals surface area (Å²) in [4.78, 5) is 0. The van der Waals surface area contributed by atoms with E-state index in [1.165, 1.54) is 0 Å². The number of ether oxygens (including phenoxy) is 2. The first-order chi connectivity index (χ1) is 9.06. The molecule has 1 atom stereocenters. The summed E-state index contributed by atoms with van der Waals surface area (Å²) in [6, 6.07) is 7.05. The van der Waals surface area contributed by atoms with Crippen LogP contribution in [0.1, 0.15) is 23.2 Å². The van der Waals surface area contributed by atoms with E-state index in [2.05, 4.69) is 15.9 Å². The Balaban J connectivity index is 2.44. The van der Waals surface area contributed by atoms with E-state index in [0.717, 1.165) is 10.2 Å². The topological polar surface area (TPSA) is 51.8 Å². The van der Waals surface area contributed by atoms with Gasteiger partial charge in [0.05, 0.1) is 14.2 Å². The van der Waals surface area contributed by atoms with Crippen LogP contribution in [0.4, 0.5) is 0 Å².